The molecule has 3 rings (SSSR count). The SMILES string of the molecule is C#CCN1CCC(Nc2ccc3c(c2)OCO3)CC1. The zero-order valence-electron chi connectivity index (χ0n) is 10.9. The lowest BCUT2D eigenvalue weighted by Gasteiger charge is -2.31. The van der Waals surface area contributed by atoms with Crippen LogP contribution in [0.15, 0.2) is 18.2 Å². The monoisotopic (exact) mass is 258 g/mol. The molecule has 2 aliphatic heterocycles. The van der Waals surface area contributed by atoms with Crippen LogP contribution in [-0.2, 0) is 0 Å². The molecule has 0 atom stereocenters. The van der Waals surface area contributed by atoms with E-state index in [1.54, 1.807) is 0 Å². The molecule has 1 N–H and O–H groups in total. The molecule has 1 saturated heterocycles. The highest BCUT2D eigenvalue weighted by Crippen LogP contribution is 2.34. The maximum Gasteiger partial charge on any atom is 0.231 e. The van der Waals surface area contributed by atoms with Crippen LogP contribution in [0, 0.1) is 12.3 Å². The number of nitrogens with zero attached hydrogens (tertiary/aromatic N) is 1. The molecule has 100 valence electrons. The summed E-state index contributed by atoms with van der Waals surface area (Å²) in [4.78, 5) is 2.32. The number of rotatable bonds is 3. The van der Waals surface area contributed by atoms with Crippen LogP contribution in [0.2, 0.25) is 0 Å². The Bertz CT molecular complexity index is 487. The topological polar surface area (TPSA) is 33.7 Å². The molecule has 1 fully saturated rings. The van der Waals surface area contributed by atoms with Crippen molar-refractivity contribution in [1.29, 1.82) is 0 Å². The summed E-state index contributed by atoms with van der Waals surface area (Å²) in [6.07, 6.45) is 7.58. The van der Waals surface area contributed by atoms with Gasteiger partial charge in [-0.3, -0.25) is 4.90 Å². The smallest absolute Gasteiger partial charge is 0.231 e. The number of nitrogens with one attached hydrogen (secondary N) is 1. The summed E-state index contributed by atoms with van der Waals surface area (Å²) >= 11 is 0. The Hall–Kier alpha value is -1.86. The number of ether oxygens (including phenoxy) is 2. The van der Waals surface area contributed by atoms with E-state index in [1.165, 1.54) is 0 Å². The lowest BCUT2D eigenvalue weighted by atomic mass is 10.0. The Kier molecular flexibility index (Phi) is 3.47. The molecule has 0 unspecified atom stereocenters. The number of terminal acetylenes is 1. The molecule has 0 aliphatic carbocycles. The zero-order chi connectivity index (χ0) is 13.1. The molecule has 2 heterocycles. The minimum absolute atomic E-state index is 0.323. The van der Waals surface area contributed by atoms with Gasteiger partial charge >= 0.3 is 0 Å². The fourth-order valence-electron chi connectivity index (χ4n) is 2.59. The first-order valence-corrected chi connectivity index (χ1v) is 6.67. The van der Waals surface area contributed by atoms with E-state index in [1.807, 2.05) is 18.2 Å². The van der Waals surface area contributed by atoms with Crippen molar-refractivity contribution in [3.63, 3.8) is 0 Å². The van der Waals surface area contributed by atoms with Crippen molar-refractivity contribution in [2.45, 2.75) is 18.9 Å². The number of benzene rings is 1. The van der Waals surface area contributed by atoms with E-state index in [0.29, 0.717) is 12.8 Å². The number of hydrogen-bond acceptors (Lipinski definition) is 4. The first-order chi connectivity index (χ1) is 9.35. The van der Waals surface area contributed by atoms with Crippen molar-refractivity contribution in [2.24, 2.45) is 0 Å². The summed E-state index contributed by atoms with van der Waals surface area (Å²) in [5.41, 5.74) is 1.10. The molecule has 1 aromatic carbocycles. The van der Waals surface area contributed by atoms with Crippen LogP contribution in [0.3, 0.4) is 0 Å². The van der Waals surface area contributed by atoms with Crippen molar-refractivity contribution in [2.75, 3.05) is 31.7 Å². The fraction of sp³-hybridized carbons (Fsp3) is 0.467. The van der Waals surface area contributed by atoms with Crippen molar-refractivity contribution in [1.82, 2.24) is 4.90 Å². The molecule has 0 bridgehead atoms. The Labute approximate surface area is 113 Å². The predicted octanol–water partition coefficient (Wildman–Crippen LogP) is 1.92. The zero-order valence-corrected chi connectivity index (χ0v) is 10.9. The number of fused-ring (bicyclic) bond motifs is 1. The largest absolute Gasteiger partial charge is 0.454 e. The fourth-order valence-corrected chi connectivity index (χ4v) is 2.59. The van der Waals surface area contributed by atoms with Gasteiger partial charge in [-0.2, -0.15) is 0 Å². The second kappa shape index (κ2) is 5.41. The van der Waals surface area contributed by atoms with Crippen LogP contribution in [-0.4, -0.2) is 37.4 Å². The second-order valence-corrected chi connectivity index (χ2v) is 4.97. The molecule has 0 aromatic heterocycles. The van der Waals surface area contributed by atoms with E-state index in [4.69, 9.17) is 15.9 Å². The predicted molar refractivity (Wildman–Crippen MR) is 74.5 cm³/mol. The van der Waals surface area contributed by atoms with Crippen molar-refractivity contribution < 1.29 is 9.47 Å². The minimum Gasteiger partial charge on any atom is -0.454 e. The summed E-state index contributed by atoms with van der Waals surface area (Å²) in [6, 6.07) is 6.52. The lowest BCUT2D eigenvalue weighted by Crippen LogP contribution is -2.39. The van der Waals surface area contributed by atoms with Crippen molar-refractivity contribution in [3.8, 4) is 23.8 Å². The Balaban J connectivity index is 1.56. The van der Waals surface area contributed by atoms with Crippen LogP contribution in [0.1, 0.15) is 12.8 Å². The number of piperidine rings is 1. The highest BCUT2D eigenvalue weighted by atomic mass is 16.7. The van der Waals surface area contributed by atoms with E-state index in [2.05, 4.69) is 16.1 Å². The normalized spacial score (nSPS) is 19.1. The molecule has 0 radical (unpaired) electrons. The summed E-state index contributed by atoms with van der Waals surface area (Å²) in [7, 11) is 0. The molecular formula is C15H18N2O2. The molecule has 4 heteroatoms. The van der Waals surface area contributed by atoms with E-state index in [9.17, 15) is 0 Å². The highest BCUT2D eigenvalue weighted by Gasteiger charge is 2.19. The van der Waals surface area contributed by atoms with Gasteiger partial charge in [0.2, 0.25) is 6.79 Å². The molecule has 1 aromatic rings. The summed E-state index contributed by atoms with van der Waals surface area (Å²) < 4.78 is 10.7. The van der Waals surface area contributed by atoms with Crippen molar-refractivity contribution in [3.05, 3.63) is 18.2 Å². The Morgan fingerprint density at radius 2 is 2.05 bits per heavy atom. The third kappa shape index (κ3) is 2.77. The van der Waals surface area contributed by atoms with E-state index >= 15 is 0 Å². The second-order valence-electron chi connectivity index (χ2n) is 4.97. The van der Waals surface area contributed by atoms with Crippen LogP contribution in [0.4, 0.5) is 5.69 Å². The van der Waals surface area contributed by atoms with Gasteiger partial charge in [-0.15, -0.1) is 6.42 Å². The van der Waals surface area contributed by atoms with Gasteiger partial charge in [-0.25, -0.2) is 0 Å². The van der Waals surface area contributed by atoms with E-state index in [-0.39, 0.29) is 0 Å². The third-order valence-electron chi connectivity index (χ3n) is 3.65. The van der Waals surface area contributed by atoms with Crippen LogP contribution >= 0.6 is 0 Å². The van der Waals surface area contributed by atoms with Gasteiger partial charge < -0.3 is 14.8 Å². The summed E-state index contributed by atoms with van der Waals surface area (Å²) in [5, 5.41) is 3.56. The number of anilines is 1. The van der Waals surface area contributed by atoms with Gasteiger partial charge in [-0.05, 0) is 25.0 Å². The summed E-state index contributed by atoms with van der Waals surface area (Å²) in [6.45, 7) is 3.21. The van der Waals surface area contributed by atoms with Gasteiger partial charge in [0.05, 0.1) is 6.54 Å². The van der Waals surface area contributed by atoms with Gasteiger partial charge in [0.15, 0.2) is 11.5 Å². The first kappa shape index (κ1) is 12.2. The lowest BCUT2D eigenvalue weighted by molar-refractivity contribution is 0.174. The molecule has 0 amide bonds. The minimum atomic E-state index is 0.323. The molecule has 2 aliphatic rings. The van der Waals surface area contributed by atoms with Gasteiger partial charge in [0.1, 0.15) is 0 Å². The molecular weight excluding hydrogens is 240 g/mol. The molecule has 0 saturated carbocycles. The van der Waals surface area contributed by atoms with Crippen LogP contribution in [0.5, 0.6) is 11.5 Å². The molecule has 4 nitrogen and oxygen atoms in total. The maximum atomic E-state index is 5.38. The van der Waals surface area contributed by atoms with Gasteiger partial charge in [0, 0.05) is 30.9 Å². The molecule has 0 spiro atoms. The number of hydrogen-bond donors (Lipinski definition) is 1. The third-order valence-corrected chi connectivity index (χ3v) is 3.65. The van der Waals surface area contributed by atoms with Crippen LogP contribution in [0.25, 0.3) is 0 Å². The average Bonchev–Trinajstić information content (AvgIpc) is 2.89. The standard InChI is InChI=1S/C15H18N2O2/c1-2-7-17-8-5-12(6-9-17)16-13-3-4-14-15(10-13)19-11-18-14/h1,3-4,10,12,16H,5-9,11H2. The number of likely N-dealkylation sites (tertiary alicyclic amines) is 1. The highest BCUT2D eigenvalue weighted by molar-refractivity contribution is 5.56. The average molecular weight is 258 g/mol. The van der Waals surface area contributed by atoms with Gasteiger partial charge in [0.25, 0.3) is 0 Å². The Morgan fingerprint density at radius 1 is 1.26 bits per heavy atom. The summed E-state index contributed by atoms with van der Waals surface area (Å²) in [5.74, 6) is 4.36. The van der Waals surface area contributed by atoms with E-state index in [0.717, 1.165) is 49.7 Å². The first-order valence-electron chi connectivity index (χ1n) is 6.67. The van der Waals surface area contributed by atoms with Crippen molar-refractivity contribution >= 4 is 5.69 Å². The maximum absolute atomic E-state index is 5.38. The van der Waals surface area contributed by atoms with Gasteiger partial charge in [-0.1, -0.05) is 5.92 Å². The Morgan fingerprint density at radius 3 is 2.84 bits per heavy atom. The quantitative estimate of drug-likeness (QED) is 0.840. The molecule has 19 heavy (non-hydrogen) atoms. The van der Waals surface area contributed by atoms with Crippen LogP contribution < -0.4 is 14.8 Å². The van der Waals surface area contributed by atoms with E-state index < -0.39 is 0 Å².